The van der Waals surface area contributed by atoms with Crippen molar-refractivity contribution in [1.82, 2.24) is 9.80 Å². The Morgan fingerprint density at radius 1 is 1.11 bits per heavy atom. The largest absolute Gasteiger partial charge is 0.478 e. The zero-order chi connectivity index (χ0) is 19.5. The van der Waals surface area contributed by atoms with Crippen LogP contribution in [-0.2, 0) is 16.1 Å². The highest BCUT2D eigenvalue weighted by Gasteiger charge is 2.32. The molecule has 2 aliphatic heterocycles. The van der Waals surface area contributed by atoms with Crippen LogP contribution in [0.5, 0.6) is 5.75 Å². The van der Waals surface area contributed by atoms with Crippen molar-refractivity contribution in [3.05, 3.63) is 59.1 Å². The van der Waals surface area contributed by atoms with E-state index in [2.05, 4.69) is 16.3 Å². The lowest BCUT2D eigenvalue weighted by Gasteiger charge is -2.35. The fraction of sp³-hybridized carbons (Fsp3) is 0.333. The highest BCUT2D eigenvalue weighted by Crippen LogP contribution is 2.29. The zero-order valence-corrected chi connectivity index (χ0v) is 16.2. The molecule has 1 fully saturated rings. The van der Waals surface area contributed by atoms with Crippen LogP contribution in [0, 0.1) is 0 Å². The van der Waals surface area contributed by atoms with Gasteiger partial charge in [-0.15, -0.1) is 0 Å². The maximum Gasteiger partial charge on any atom is 0.266 e. The van der Waals surface area contributed by atoms with Crippen molar-refractivity contribution in [2.45, 2.75) is 19.1 Å². The van der Waals surface area contributed by atoms with E-state index in [9.17, 15) is 9.59 Å². The van der Waals surface area contributed by atoms with Gasteiger partial charge in [0.1, 0.15) is 5.75 Å². The zero-order valence-electron chi connectivity index (χ0n) is 15.4. The molecule has 6 nitrogen and oxygen atoms in total. The first-order valence-electron chi connectivity index (χ1n) is 9.39. The average molecular weight is 400 g/mol. The Kier molecular flexibility index (Phi) is 5.50. The number of rotatable bonds is 4. The van der Waals surface area contributed by atoms with Crippen molar-refractivity contribution in [2.75, 3.05) is 31.5 Å². The lowest BCUT2D eigenvalue weighted by atomic mass is 10.1. The van der Waals surface area contributed by atoms with Gasteiger partial charge in [-0.05, 0) is 29.8 Å². The van der Waals surface area contributed by atoms with Gasteiger partial charge in [0.15, 0.2) is 6.10 Å². The van der Waals surface area contributed by atoms with E-state index in [-0.39, 0.29) is 18.2 Å². The van der Waals surface area contributed by atoms with Crippen molar-refractivity contribution in [3.8, 4) is 5.75 Å². The number of para-hydroxylation sites is 2. The number of fused-ring (bicyclic) bond motifs is 1. The van der Waals surface area contributed by atoms with E-state index in [1.165, 1.54) is 5.56 Å². The van der Waals surface area contributed by atoms with Crippen LogP contribution < -0.4 is 10.1 Å². The molecule has 146 valence electrons. The first-order chi connectivity index (χ1) is 13.6. The number of nitrogens with zero attached hydrogens (tertiary/aromatic N) is 2. The molecule has 1 saturated heterocycles. The number of ether oxygens (including phenoxy) is 1. The molecule has 0 aliphatic carbocycles. The van der Waals surface area contributed by atoms with Gasteiger partial charge in [-0.25, -0.2) is 0 Å². The van der Waals surface area contributed by atoms with E-state index < -0.39 is 6.10 Å². The van der Waals surface area contributed by atoms with Crippen molar-refractivity contribution >= 4 is 29.1 Å². The first kappa shape index (κ1) is 18.8. The average Bonchev–Trinajstić information content (AvgIpc) is 2.69. The van der Waals surface area contributed by atoms with E-state index in [1.807, 2.05) is 35.2 Å². The molecule has 0 saturated carbocycles. The van der Waals surface area contributed by atoms with Gasteiger partial charge >= 0.3 is 0 Å². The van der Waals surface area contributed by atoms with Gasteiger partial charge in [0.25, 0.3) is 5.91 Å². The molecule has 2 heterocycles. The number of amides is 2. The van der Waals surface area contributed by atoms with Crippen LogP contribution in [0.15, 0.2) is 48.5 Å². The molecule has 2 aliphatic rings. The highest BCUT2D eigenvalue weighted by atomic mass is 35.5. The van der Waals surface area contributed by atoms with E-state index in [0.29, 0.717) is 24.5 Å². The molecule has 2 amide bonds. The number of anilines is 1. The third kappa shape index (κ3) is 4.29. The molecule has 4 rings (SSSR count). The lowest BCUT2D eigenvalue weighted by molar-refractivity contribution is -0.138. The predicted octanol–water partition coefficient (Wildman–Crippen LogP) is 2.77. The summed E-state index contributed by atoms with van der Waals surface area (Å²) in [4.78, 5) is 29.0. The summed E-state index contributed by atoms with van der Waals surface area (Å²) in [6.45, 7) is 3.68. The van der Waals surface area contributed by atoms with Gasteiger partial charge in [-0.1, -0.05) is 35.9 Å². The summed E-state index contributed by atoms with van der Waals surface area (Å²) < 4.78 is 5.73. The topological polar surface area (TPSA) is 61.9 Å². The summed E-state index contributed by atoms with van der Waals surface area (Å²) in [5.41, 5.74) is 1.81. The van der Waals surface area contributed by atoms with E-state index in [4.69, 9.17) is 16.3 Å². The molecule has 1 atom stereocenters. The second kappa shape index (κ2) is 8.20. The Hall–Kier alpha value is -2.57. The highest BCUT2D eigenvalue weighted by molar-refractivity contribution is 6.30. The standard InChI is InChI=1S/C21H22ClN3O3/c22-16-5-3-4-15(12-16)14-24-8-10-25(11-9-24)20(26)13-19-21(27)23-17-6-1-2-7-18(17)28-19/h1-7,12,19H,8-11,13-14H2,(H,23,27)/t19-/m0/s1. The van der Waals surface area contributed by atoms with E-state index >= 15 is 0 Å². The molecule has 0 radical (unpaired) electrons. The van der Waals surface area contributed by atoms with Crippen molar-refractivity contribution in [2.24, 2.45) is 0 Å². The molecule has 0 bridgehead atoms. The fourth-order valence-corrected chi connectivity index (χ4v) is 3.78. The normalized spacial score (nSPS) is 19.5. The van der Waals surface area contributed by atoms with Gasteiger partial charge < -0.3 is 15.0 Å². The van der Waals surface area contributed by atoms with Crippen LogP contribution in [0.3, 0.4) is 0 Å². The third-order valence-corrected chi connectivity index (χ3v) is 5.32. The summed E-state index contributed by atoms with van der Waals surface area (Å²) in [5.74, 6) is 0.278. The van der Waals surface area contributed by atoms with Crippen LogP contribution >= 0.6 is 11.6 Å². The molecule has 0 unspecified atom stereocenters. The molecule has 1 N–H and O–H groups in total. The molecular weight excluding hydrogens is 378 g/mol. The predicted molar refractivity (Wildman–Crippen MR) is 107 cm³/mol. The number of piperazine rings is 1. The van der Waals surface area contributed by atoms with Gasteiger partial charge in [0.05, 0.1) is 12.1 Å². The van der Waals surface area contributed by atoms with Crippen LogP contribution in [-0.4, -0.2) is 53.9 Å². The quantitative estimate of drug-likeness (QED) is 0.858. The maximum absolute atomic E-state index is 12.7. The van der Waals surface area contributed by atoms with Crippen LogP contribution in [0.25, 0.3) is 0 Å². The number of halogens is 1. The maximum atomic E-state index is 12.7. The third-order valence-electron chi connectivity index (χ3n) is 5.09. The SMILES string of the molecule is O=C1Nc2ccccc2O[C@H]1CC(=O)N1CCN(Cc2cccc(Cl)c2)CC1. The minimum Gasteiger partial charge on any atom is -0.478 e. The first-order valence-corrected chi connectivity index (χ1v) is 9.77. The van der Waals surface area contributed by atoms with Crippen molar-refractivity contribution in [3.63, 3.8) is 0 Å². The molecule has 0 spiro atoms. The lowest BCUT2D eigenvalue weighted by Crippen LogP contribution is -2.50. The van der Waals surface area contributed by atoms with Gasteiger partial charge in [-0.3, -0.25) is 14.5 Å². The minimum atomic E-state index is -0.785. The number of nitrogens with one attached hydrogen (secondary N) is 1. The van der Waals surface area contributed by atoms with Crippen LogP contribution in [0.1, 0.15) is 12.0 Å². The van der Waals surface area contributed by atoms with E-state index in [0.717, 1.165) is 24.7 Å². The monoisotopic (exact) mass is 399 g/mol. The molecule has 28 heavy (non-hydrogen) atoms. The van der Waals surface area contributed by atoms with Gasteiger partial charge in [0, 0.05) is 37.7 Å². The number of carbonyl (C=O) groups is 2. The Balaban J connectivity index is 1.29. The summed E-state index contributed by atoms with van der Waals surface area (Å²) in [5, 5.41) is 3.54. The summed E-state index contributed by atoms with van der Waals surface area (Å²) in [7, 11) is 0. The summed E-state index contributed by atoms with van der Waals surface area (Å²) in [6, 6.07) is 15.1. The van der Waals surface area contributed by atoms with Gasteiger partial charge in [0.2, 0.25) is 5.91 Å². The number of hydrogen-bond acceptors (Lipinski definition) is 4. The second-order valence-electron chi connectivity index (χ2n) is 7.08. The Labute approximate surface area is 169 Å². The Morgan fingerprint density at radius 2 is 1.89 bits per heavy atom. The molecule has 7 heteroatoms. The van der Waals surface area contributed by atoms with Crippen LogP contribution in [0.4, 0.5) is 5.69 Å². The summed E-state index contributed by atoms with van der Waals surface area (Å²) >= 11 is 6.05. The van der Waals surface area contributed by atoms with Crippen molar-refractivity contribution < 1.29 is 14.3 Å². The second-order valence-corrected chi connectivity index (χ2v) is 7.52. The molecule has 2 aromatic rings. The fourth-order valence-electron chi connectivity index (χ4n) is 3.56. The Morgan fingerprint density at radius 3 is 2.68 bits per heavy atom. The van der Waals surface area contributed by atoms with Crippen LogP contribution in [0.2, 0.25) is 5.02 Å². The van der Waals surface area contributed by atoms with E-state index in [1.54, 1.807) is 12.1 Å². The Bertz CT molecular complexity index is 881. The molecule has 0 aromatic heterocycles. The summed E-state index contributed by atoms with van der Waals surface area (Å²) in [6.07, 6.45) is -0.735. The van der Waals surface area contributed by atoms with Crippen molar-refractivity contribution in [1.29, 1.82) is 0 Å². The number of hydrogen-bond donors (Lipinski definition) is 1. The number of carbonyl (C=O) groups excluding carboxylic acids is 2. The molecule has 2 aromatic carbocycles. The van der Waals surface area contributed by atoms with Gasteiger partial charge in [-0.2, -0.15) is 0 Å². The molecular formula is C21H22ClN3O3. The minimum absolute atomic E-state index is 0.0501. The number of benzene rings is 2. The smallest absolute Gasteiger partial charge is 0.266 e.